The van der Waals surface area contributed by atoms with Crippen LogP contribution in [0.2, 0.25) is 19.6 Å². The van der Waals surface area contributed by atoms with E-state index in [0.717, 1.165) is 11.4 Å². The molecule has 0 amide bonds. The highest BCUT2D eigenvalue weighted by atomic mass is 28.3. The van der Waals surface area contributed by atoms with Gasteiger partial charge in [0.15, 0.2) is 0 Å². The maximum absolute atomic E-state index is 5.96. The van der Waals surface area contributed by atoms with Crippen LogP contribution in [-0.2, 0) is 0 Å². The smallest absolute Gasteiger partial charge is 0.144 e. The lowest BCUT2D eigenvalue weighted by molar-refractivity contribution is 1.34. The summed E-state index contributed by atoms with van der Waals surface area (Å²) in [7, 11) is -1.30. The Morgan fingerprint density at radius 3 is 2.07 bits per heavy atom. The van der Waals surface area contributed by atoms with Crippen LogP contribution in [0, 0.1) is 13.8 Å². The summed E-state index contributed by atoms with van der Waals surface area (Å²) in [4.78, 5) is 3.53. The van der Waals surface area contributed by atoms with Crippen molar-refractivity contribution in [3.8, 4) is 0 Å². The number of anilines is 2. The van der Waals surface area contributed by atoms with Crippen molar-refractivity contribution in [2.75, 3.05) is 10.7 Å². The molecule has 0 fully saturated rings. The molecule has 3 N–H and O–H groups in total. The van der Waals surface area contributed by atoms with Crippen LogP contribution >= 0.6 is 0 Å². The van der Waals surface area contributed by atoms with Gasteiger partial charge in [0.25, 0.3) is 0 Å². The predicted molar refractivity (Wildman–Crippen MR) is 67.3 cm³/mol. The third kappa shape index (κ3) is 2.77. The molecule has 0 saturated heterocycles. The molecule has 0 aliphatic heterocycles. The number of rotatable bonds is 2. The first-order valence-corrected chi connectivity index (χ1v) is 8.44. The molecule has 2 nitrogen and oxygen atoms in total. The highest BCUT2D eigenvalue weighted by molar-refractivity contribution is 6.79. The van der Waals surface area contributed by atoms with Crippen LogP contribution in [0.3, 0.4) is 0 Å². The molecule has 0 aliphatic rings. The van der Waals surface area contributed by atoms with Crippen molar-refractivity contribution in [2.45, 2.75) is 33.5 Å². The number of benzene rings is 1. The van der Waals surface area contributed by atoms with Crippen LogP contribution in [0.5, 0.6) is 0 Å². The van der Waals surface area contributed by atoms with Crippen LogP contribution < -0.4 is 10.7 Å². The maximum Gasteiger partial charge on any atom is 0.144 e. The summed E-state index contributed by atoms with van der Waals surface area (Å²) < 4.78 is 0. The summed E-state index contributed by atoms with van der Waals surface area (Å²) >= 11 is 0. The zero-order valence-corrected chi connectivity index (χ0v) is 10.7. The Morgan fingerprint density at radius 1 is 1.07 bits per heavy atom. The normalized spacial score (nSPS) is 11.5. The van der Waals surface area contributed by atoms with Gasteiger partial charge in [-0.05, 0) is 37.1 Å². The molecule has 0 aromatic heterocycles. The van der Waals surface area contributed by atoms with Gasteiger partial charge < -0.3 is 10.7 Å². The van der Waals surface area contributed by atoms with E-state index in [1.807, 2.05) is 6.07 Å². The van der Waals surface area contributed by atoms with E-state index in [0.29, 0.717) is 0 Å². The van der Waals surface area contributed by atoms with Crippen LogP contribution in [0.4, 0.5) is 11.4 Å². The second-order valence-electron chi connectivity index (χ2n) is 4.90. The van der Waals surface area contributed by atoms with Crippen molar-refractivity contribution in [3.63, 3.8) is 0 Å². The monoisotopic (exact) mass is 208 g/mol. The fraction of sp³-hybridized carbons (Fsp3) is 0.455. The largest absolute Gasteiger partial charge is 0.409 e. The van der Waals surface area contributed by atoms with Gasteiger partial charge in [0.05, 0.1) is 5.69 Å². The van der Waals surface area contributed by atoms with Gasteiger partial charge in [-0.15, -0.1) is 0 Å². The summed E-state index contributed by atoms with van der Waals surface area (Å²) in [5.41, 5.74) is 10.4. The number of nitrogens with two attached hydrogens (primary N) is 1. The molecule has 0 unspecified atom stereocenters. The van der Waals surface area contributed by atoms with Gasteiger partial charge in [0.2, 0.25) is 0 Å². The zero-order chi connectivity index (χ0) is 10.9. The Morgan fingerprint density at radius 2 is 1.57 bits per heavy atom. The van der Waals surface area contributed by atoms with Crippen molar-refractivity contribution in [1.82, 2.24) is 0 Å². The van der Waals surface area contributed by atoms with Crippen molar-refractivity contribution in [2.24, 2.45) is 0 Å². The van der Waals surface area contributed by atoms with Gasteiger partial charge in [-0.2, -0.15) is 0 Å². The van der Waals surface area contributed by atoms with Crippen LogP contribution in [-0.4, -0.2) is 8.24 Å². The molecular weight excluding hydrogens is 188 g/mol. The summed E-state index contributed by atoms with van der Waals surface area (Å²) in [6.45, 7) is 11.0. The van der Waals surface area contributed by atoms with Crippen LogP contribution in [0.15, 0.2) is 12.1 Å². The molecule has 0 heterocycles. The molecule has 1 aromatic rings. The van der Waals surface area contributed by atoms with Gasteiger partial charge >= 0.3 is 0 Å². The van der Waals surface area contributed by atoms with E-state index >= 15 is 0 Å². The standard InChI is InChI=1S/C11H20N2Si/c1-8-6-10(12)11(7-9(8)2)13-14(3,4)5/h6-7,13H,12H2,1-5H3. The SMILES string of the molecule is Cc1cc(N)c(N[Si](C)(C)C)cc1C. The Hall–Kier alpha value is -0.963. The lowest BCUT2D eigenvalue weighted by atomic mass is 10.1. The van der Waals surface area contributed by atoms with E-state index in [1.54, 1.807) is 0 Å². The Kier molecular flexibility index (Phi) is 2.90. The van der Waals surface area contributed by atoms with E-state index in [9.17, 15) is 0 Å². The van der Waals surface area contributed by atoms with Gasteiger partial charge in [-0.3, -0.25) is 0 Å². The molecule has 3 heteroatoms. The van der Waals surface area contributed by atoms with E-state index in [1.165, 1.54) is 11.1 Å². The van der Waals surface area contributed by atoms with Gasteiger partial charge in [0.1, 0.15) is 8.24 Å². The number of aryl methyl sites for hydroxylation is 2. The number of nitrogen functional groups attached to an aromatic ring is 1. The van der Waals surface area contributed by atoms with Gasteiger partial charge in [0, 0.05) is 5.69 Å². The quantitative estimate of drug-likeness (QED) is 0.579. The molecule has 0 saturated carbocycles. The molecule has 1 rings (SSSR count). The van der Waals surface area contributed by atoms with Crippen molar-refractivity contribution < 1.29 is 0 Å². The second kappa shape index (κ2) is 3.65. The highest BCUT2D eigenvalue weighted by Gasteiger charge is 2.14. The molecule has 1 aromatic carbocycles. The third-order valence-corrected chi connectivity index (χ3v) is 3.19. The summed E-state index contributed by atoms with van der Waals surface area (Å²) in [5, 5.41) is 0. The molecular formula is C11H20N2Si. The first-order chi connectivity index (χ1) is 6.29. The second-order valence-corrected chi connectivity index (χ2v) is 9.65. The number of nitrogens with one attached hydrogen (secondary N) is 1. The first kappa shape index (κ1) is 11.1. The van der Waals surface area contributed by atoms with Gasteiger partial charge in [-0.1, -0.05) is 19.6 Å². The van der Waals surface area contributed by atoms with Crippen molar-refractivity contribution in [3.05, 3.63) is 23.3 Å². The lowest BCUT2D eigenvalue weighted by Crippen LogP contribution is -2.32. The van der Waals surface area contributed by atoms with Crippen LogP contribution in [0.25, 0.3) is 0 Å². The highest BCUT2D eigenvalue weighted by Crippen LogP contribution is 2.24. The predicted octanol–water partition coefficient (Wildman–Crippen LogP) is 3.13. The van der Waals surface area contributed by atoms with Crippen molar-refractivity contribution >= 4 is 19.6 Å². The van der Waals surface area contributed by atoms with E-state index in [4.69, 9.17) is 5.73 Å². The number of hydrogen-bond donors (Lipinski definition) is 2. The Bertz CT molecular complexity index is 340. The number of hydrogen-bond acceptors (Lipinski definition) is 2. The zero-order valence-electron chi connectivity index (χ0n) is 9.73. The third-order valence-electron chi connectivity index (χ3n) is 2.18. The topological polar surface area (TPSA) is 38.0 Å². The first-order valence-electron chi connectivity index (χ1n) is 4.94. The minimum absolute atomic E-state index is 0.857. The molecule has 78 valence electrons. The van der Waals surface area contributed by atoms with Crippen LogP contribution in [0.1, 0.15) is 11.1 Å². The fourth-order valence-electron chi connectivity index (χ4n) is 1.35. The minimum atomic E-state index is -1.30. The molecule has 0 radical (unpaired) electrons. The lowest BCUT2D eigenvalue weighted by Gasteiger charge is -2.22. The molecule has 0 bridgehead atoms. The average Bonchev–Trinajstić information content (AvgIpc) is 1.97. The van der Waals surface area contributed by atoms with E-state index in [-0.39, 0.29) is 0 Å². The minimum Gasteiger partial charge on any atom is -0.409 e. The Labute approximate surface area is 87.6 Å². The fourth-order valence-corrected chi connectivity index (χ4v) is 2.38. The van der Waals surface area contributed by atoms with E-state index in [2.05, 4.69) is 44.5 Å². The summed E-state index contributed by atoms with van der Waals surface area (Å²) in [6.07, 6.45) is 0. The summed E-state index contributed by atoms with van der Waals surface area (Å²) in [5.74, 6) is 0. The molecule has 0 spiro atoms. The van der Waals surface area contributed by atoms with Crippen molar-refractivity contribution in [1.29, 1.82) is 0 Å². The molecule has 14 heavy (non-hydrogen) atoms. The maximum atomic E-state index is 5.96. The van der Waals surface area contributed by atoms with Gasteiger partial charge in [-0.25, -0.2) is 0 Å². The molecule has 0 atom stereocenters. The molecule has 0 aliphatic carbocycles. The average molecular weight is 208 g/mol. The Balaban J connectivity index is 3.04. The summed E-state index contributed by atoms with van der Waals surface area (Å²) in [6, 6.07) is 4.18. The van der Waals surface area contributed by atoms with E-state index < -0.39 is 8.24 Å².